The Morgan fingerprint density at radius 2 is 1.93 bits per heavy atom. The van der Waals surface area contributed by atoms with Crippen LogP contribution < -0.4 is 19.7 Å². The minimum Gasteiger partial charge on any atom is -0.496 e. The smallest absolute Gasteiger partial charge is 0.332 e. The van der Waals surface area contributed by atoms with Gasteiger partial charge in [-0.05, 0) is 31.4 Å². The Bertz CT molecular complexity index is 924. The molecular weight excluding hydrogens is 360 g/mol. The van der Waals surface area contributed by atoms with Crippen molar-refractivity contribution in [2.24, 2.45) is 0 Å². The summed E-state index contributed by atoms with van der Waals surface area (Å²) in [7, 11) is 1.59. The molecule has 1 aromatic heterocycles. The monoisotopic (exact) mass is 382 g/mol. The fourth-order valence-corrected chi connectivity index (χ4v) is 3.78. The predicted octanol–water partition coefficient (Wildman–Crippen LogP) is 3.35. The molecule has 2 aromatic rings. The van der Waals surface area contributed by atoms with Crippen LogP contribution in [0, 0.1) is 6.92 Å². The number of benzene rings is 1. The number of aryl methyl sites for hydroxylation is 1. The Balaban J connectivity index is 1.59. The van der Waals surface area contributed by atoms with Crippen molar-refractivity contribution in [3.8, 4) is 17.4 Å². The van der Waals surface area contributed by atoms with Crippen molar-refractivity contribution in [2.45, 2.75) is 44.6 Å². The molecule has 8 heteroatoms. The second kappa shape index (κ2) is 7.10. The molecule has 2 heterocycles. The summed E-state index contributed by atoms with van der Waals surface area (Å²) in [6.45, 7) is 1.93. The van der Waals surface area contributed by atoms with Gasteiger partial charge in [-0.3, -0.25) is 4.79 Å². The maximum atomic E-state index is 13.0. The quantitative estimate of drug-likeness (QED) is 0.815. The van der Waals surface area contributed by atoms with Crippen molar-refractivity contribution >= 4 is 17.9 Å². The molecule has 1 spiro atoms. The van der Waals surface area contributed by atoms with Gasteiger partial charge >= 0.3 is 6.03 Å². The van der Waals surface area contributed by atoms with Gasteiger partial charge in [0.05, 0.1) is 7.11 Å². The normalized spacial score (nSPS) is 18.3. The molecule has 1 aromatic carbocycles. The van der Waals surface area contributed by atoms with Gasteiger partial charge in [-0.2, -0.15) is 9.88 Å². The number of urea groups is 1. The number of nitrogens with zero attached hydrogens (tertiary/aromatic N) is 3. The Hall–Kier alpha value is -3.16. The highest BCUT2D eigenvalue weighted by molar-refractivity contribution is 6.22. The topological polar surface area (TPSA) is 93.7 Å². The number of hydrogen-bond acceptors (Lipinski definition) is 6. The molecule has 2 fully saturated rings. The first-order chi connectivity index (χ1) is 13.5. The average Bonchev–Trinajstić information content (AvgIpc) is 2.93. The summed E-state index contributed by atoms with van der Waals surface area (Å²) in [5.74, 6) is 1.20. The lowest BCUT2D eigenvalue weighted by Crippen LogP contribution is -2.48. The summed E-state index contributed by atoms with van der Waals surface area (Å²) in [5.41, 5.74) is 0.162. The number of rotatable bonds is 4. The summed E-state index contributed by atoms with van der Waals surface area (Å²) in [5, 5.41) is 2.86. The number of imide groups is 1. The van der Waals surface area contributed by atoms with Crippen LogP contribution >= 0.6 is 0 Å². The molecule has 146 valence electrons. The van der Waals surface area contributed by atoms with Gasteiger partial charge in [-0.25, -0.2) is 9.78 Å². The fourth-order valence-electron chi connectivity index (χ4n) is 3.78. The minimum absolute atomic E-state index is 0.0153. The van der Waals surface area contributed by atoms with E-state index < -0.39 is 11.6 Å². The van der Waals surface area contributed by atoms with E-state index in [0.717, 1.165) is 29.7 Å². The number of carbonyl (C=O) groups is 2. The van der Waals surface area contributed by atoms with Gasteiger partial charge in [0, 0.05) is 18.3 Å². The van der Waals surface area contributed by atoms with Crippen LogP contribution in [-0.2, 0) is 4.79 Å². The van der Waals surface area contributed by atoms with E-state index in [1.807, 2.05) is 13.0 Å². The molecule has 8 nitrogen and oxygen atoms in total. The molecule has 0 radical (unpaired) electrons. The summed E-state index contributed by atoms with van der Waals surface area (Å²) in [4.78, 5) is 34.9. The van der Waals surface area contributed by atoms with Crippen LogP contribution in [0.2, 0.25) is 0 Å². The zero-order valence-corrected chi connectivity index (χ0v) is 15.9. The Labute approximate surface area is 162 Å². The summed E-state index contributed by atoms with van der Waals surface area (Å²) >= 11 is 0. The fraction of sp³-hybridized carbons (Fsp3) is 0.400. The molecule has 1 saturated heterocycles. The maximum absolute atomic E-state index is 13.0. The first-order valence-corrected chi connectivity index (χ1v) is 9.35. The van der Waals surface area contributed by atoms with Crippen LogP contribution in [-0.4, -0.2) is 34.6 Å². The standard InChI is InChI=1S/C20H22N4O4/c1-13-6-7-14(12-15(13)27-2)28-16-8-11-21-18(22-16)24-17(25)20(23-19(24)26)9-4-3-5-10-20/h6-8,11-12H,3-5,9-10H2,1-2H3,(H,23,26). The zero-order chi connectivity index (χ0) is 19.7. The molecule has 28 heavy (non-hydrogen) atoms. The third kappa shape index (κ3) is 3.15. The number of aromatic nitrogens is 2. The van der Waals surface area contributed by atoms with Crippen molar-refractivity contribution in [1.29, 1.82) is 0 Å². The summed E-state index contributed by atoms with van der Waals surface area (Å²) in [6, 6.07) is 6.51. The van der Waals surface area contributed by atoms with E-state index in [9.17, 15) is 9.59 Å². The molecule has 1 aliphatic carbocycles. The highest BCUT2D eigenvalue weighted by Gasteiger charge is 2.52. The number of anilines is 1. The second-order valence-corrected chi connectivity index (χ2v) is 7.14. The van der Waals surface area contributed by atoms with Crippen LogP contribution in [0.25, 0.3) is 0 Å². The van der Waals surface area contributed by atoms with E-state index in [4.69, 9.17) is 9.47 Å². The van der Waals surface area contributed by atoms with E-state index in [0.29, 0.717) is 24.3 Å². The van der Waals surface area contributed by atoms with Crippen molar-refractivity contribution < 1.29 is 19.1 Å². The van der Waals surface area contributed by atoms with E-state index in [1.165, 1.54) is 6.20 Å². The third-order valence-corrected chi connectivity index (χ3v) is 5.29. The van der Waals surface area contributed by atoms with Gasteiger partial charge in [0.1, 0.15) is 17.0 Å². The molecule has 2 aliphatic rings. The van der Waals surface area contributed by atoms with E-state index in [1.54, 1.807) is 25.3 Å². The van der Waals surface area contributed by atoms with Crippen LogP contribution in [0.5, 0.6) is 17.4 Å². The lowest BCUT2D eigenvalue weighted by atomic mass is 9.82. The van der Waals surface area contributed by atoms with Crippen LogP contribution in [0.3, 0.4) is 0 Å². The summed E-state index contributed by atoms with van der Waals surface area (Å²) < 4.78 is 11.1. The van der Waals surface area contributed by atoms with Crippen molar-refractivity contribution in [3.63, 3.8) is 0 Å². The minimum atomic E-state index is -0.820. The molecule has 1 N–H and O–H groups in total. The van der Waals surface area contributed by atoms with Gasteiger partial charge in [0.2, 0.25) is 11.8 Å². The lowest BCUT2D eigenvalue weighted by molar-refractivity contribution is -0.123. The predicted molar refractivity (Wildman–Crippen MR) is 102 cm³/mol. The molecule has 1 saturated carbocycles. The highest BCUT2D eigenvalue weighted by Crippen LogP contribution is 2.35. The van der Waals surface area contributed by atoms with Crippen LogP contribution in [0.1, 0.15) is 37.7 Å². The molecule has 1 aliphatic heterocycles. The van der Waals surface area contributed by atoms with Gasteiger partial charge < -0.3 is 14.8 Å². The van der Waals surface area contributed by atoms with Gasteiger partial charge in [-0.1, -0.05) is 25.3 Å². The van der Waals surface area contributed by atoms with Gasteiger partial charge in [0.15, 0.2) is 0 Å². The van der Waals surface area contributed by atoms with Gasteiger partial charge in [0.25, 0.3) is 5.91 Å². The largest absolute Gasteiger partial charge is 0.496 e. The second-order valence-electron chi connectivity index (χ2n) is 7.14. The molecule has 0 atom stereocenters. The molecular formula is C20H22N4O4. The Morgan fingerprint density at radius 1 is 1.14 bits per heavy atom. The van der Waals surface area contributed by atoms with E-state index in [2.05, 4.69) is 15.3 Å². The maximum Gasteiger partial charge on any atom is 0.332 e. The van der Waals surface area contributed by atoms with Crippen molar-refractivity contribution in [1.82, 2.24) is 15.3 Å². The number of methoxy groups -OCH3 is 1. The van der Waals surface area contributed by atoms with Crippen LogP contribution in [0.15, 0.2) is 30.5 Å². The Morgan fingerprint density at radius 3 is 2.68 bits per heavy atom. The lowest BCUT2D eigenvalue weighted by Gasteiger charge is -2.30. The number of ether oxygens (including phenoxy) is 2. The first-order valence-electron chi connectivity index (χ1n) is 9.35. The number of carbonyl (C=O) groups excluding carboxylic acids is 2. The highest BCUT2D eigenvalue weighted by atomic mass is 16.5. The van der Waals surface area contributed by atoms with Crippen molar-refractivity contribution in [3.05, 3.63) is 36.0 Å². The van der Waals surface area contributed by atoms with Crippen molar-refractivity contribution in [2.75, 3.05) is 12.0 Å². The number of hydrogen-bond donors (Lipinski definition) is 1. The van der Waals surface area contributed by atoms with E-state index >= 15 is 0 Å². The first kappa shape index (κ1) is 18.2. The third-order valence-electron chi connectivity index (χ3n) is 5.29. The molecule has 4 rings (SSSR count). The Kier molecular flexibility index (Phi) is 4.62. The van der Waals surface area contributed by atoms with Gasteiger partial charge in [-0.15, -0.1) is 0 Å². The molecule has 3 amide bonds. The molecule has 0 bridgehead atoms. The molecule has 0 unspecified atom stereocenters. The van der Waals surface area contributed by atoms with E-state index in [-0.39, 0.29) is 17.7 Å². The SMILES string of the molecule is COc1cc(Oc2ccnc(N3C(=O)NC4(CCCCC4)C3=O)n2)ccc1C. The average molecular weight is 382 g/mol. The summed E-state index contributed by atoms with van der Waals surface area (Å²) in [6.07, 6.45) is 5.67. The number of amides is 3. The zero-order valence-electron chi connectivity index (χ0n) is 15.9. The van der Waals surface area contributed by atoms with Crippen LogP contribution in [0.4, 0.5) is 10.7 Å². The number of nitrogens with one attached hydrogen (secondary N) is 1.